The number of Topliss-reactive ketones (excluding diaryl/α,β-unsaturated/α-hetero) is 1. The van der Waals surface area contributed by atoms with Crippen molar-refractivity contribution < 1.29 is 14.3 Å². The molecule has 2 aromatic carbocycles. The summed E-state index contributed by atoms with van der Waals surface area (Å²) >= 11 is 0. The third-order valence-corrected chi connectivity index (χ3v) is 6.18. The van der Waals surface area contributed by atoms with E-state index < -0.39 is 5.97 Å². The number of ketones is 1. The van der Waals surface area contributed by atoms with Crippen molar-refractivity contribution in [3.63, 3.8) is 0 Å². The minimum Gasteiger partial charge on any atom is -0.454 e. The average Bonchev–Trinajstić information content (AvgIpc) is 3.38. The number of carbonyl (C=O) groups excluding carboxylic acids is 2. The maximum absolute atomic E-state index is 12.8. The Labute approximate surface area is 210 Å². The van der Waals surface area contributed by atoms with E-state index in [1.165, 1.54) is 11.6 Å². The molecule has 4 rings (SSSR count). The van der Waals surface area contributed by atoms with Crippen LogP contribution in [0.2, 0.25) is 0 Å². The Bertz CT molecular complexity index is 1480. The number of benzene rings is 2. The number of ether oxygens (including phenoxy) is 1. The number of rotatable bonds is 9. The monoisotopic (exact) mass is 480 g/mol. The van der Waals surface area contributed by atoms with E-state index >= 15 is 0 Å². The standard InChI is InChI=1S/C29H28N4O3/c1-20-9-11-23(12-10-20)17-33-22(3)24(21(2)31-33)13-14-29(35)36-19-28(34)26-18-32(16-6-15-30)27-8-5-4-7-25(26)27/h4-5,7-14,18H,6,16-17,19H2,1-3H3/b14-13-. The molecule has 7 heteroatoms. The second-order valence-corrected chi connectivity index (χ2v) is 8.75. The highest BCUT2D eigenvalue weighted by molar-refractivity contribution is 6.09. The maximum atomic E-state index is 12.8. The molecule has 0 aliphatic rings. The molecule has 0 unspecified atom stereocenters. The SMILES string of the molecule is Cc1ccc(Cn2nc(C)c(/C=C\C(=O)OCC(=O)c3cn(CCC#N)c4ccccc34)c2C)cc1. The molecule has 7 nitrogen and oxygen atoms in total. The second-order valence-electron chi connectivity index (χ2n) is 8.75. The normalized spacial score (nSPS) is 11.2. The Morgan fingerprint density at radius 2 is 1.83 bits per heavy atom. The summed E-state index contributed by atoms with van der Waals surface area (Å²) in [5, 5.41) is 14.3. The summed E-state index contributed by atoms with van der Waals surface area (Å²) in [5.74, 6) is -0.886. The molecule has 0 aliphatic heterocycles. The average molecular weight is 481 g/mol. The van der Waals surface area contributed by atoms with Gasteiger partial charge >= 0.3 is 5.97 Å². The third-order valence-electron chi connectivity index (χ3n) is 6.18. The van der Waals surface area contributed by atoms with Crippen molar-refractivity contribution in [2.24, 2.45) is 0 Å². The Kier molecular flexibility index (Phi) is 7.45. The van der Waals surface area contributed by atoms with Crippen LogP contribution < -0.4 is 0 Å². The molecular formula is C29H28N4O3. The van der Waals surface area contributed by atoms with Crippen LogP contribution in [0.3, 0.4) is 0 Å². The van der Waals surface area contributed by atoms with Gasteiger partial charge in [0.2, 0.25) is 5.78 Å². The first-order valence-corrected chi connectivity index (χ1v) is 11.8. The van der Waals surface area contributed by atoms with E-state index in [2.05, 4.69) is 42.4 Å². The van der Waals surface area contributed by atoms with Crippen LogP contribution in [-0.2, 0) is 22.6 Å². The van der Waals surface area contributed by atoms with Crippen molar-refractivity contribution in [2.45, 2.75) is 40.3 Å². The zero-order valence-corrected chi connectivity index (χ0v) is 20.7. The first-order chi connectivity index (χ1) is 17.4. The van der Waals surface area contributed by atoms with E-state index in [0.29, 0.717) is 25.1 Å². The van der Waals surface area contributed by atoms with Crippen LogP contribution >= 0.6 is 0 Å². The molecule has 2 heterocycles. The van der Waals surface area contributed by atoms with Crippen molar-refractivity contribution in [3.8, 4) is 6.07 Å². The molecule has 36 heavy (non-hydrogen) atoms. The molecule has 0 radical (unpaired) electrons. The van der Waals surface area contributed by atoms with Crippen molar-refractivity contribution in [1.82, 2.24) is 14.3 Å². The minimum atomic E-state index is -0.596. The summed E-state index contributed by atoms with van der Waals surface area (Å²) in [6.07, 6.45) is 5.08. The lowest BCUT2D eigenvalue weighted by atomic mass is 10.1. The molecule has 2 aromatic heterocycles. The zero-order chi connectivity index (χ0) is 25.7. The van der Waals surface area contributed by atoms with Crippen LogP contribution in [0, 0.1) is 32.1 Å². The summed E-state index contributed by atoms with van der Waals surface area (Å²) in [6.45, 7) is 6.68. The van der Waals surface area contributed by atoms with Gasteiger partial charge in [0.1, 0.15) is 0 Å². The van der Waals surface area contributed by atoms with Gasteiger partial charge in [-0.1, -0.05) is 48.0 Å². The molecule has 0 bridgehead atoms. The van der Waals surface area contributed by atoms with E-state index in [1.807, 2.05) is 47.4 Å². The number of carbonyl (C=O) groups is 2. The topological polar surface area (TPSA) is 89.9 Å². The zero-order valence-electron chi connectivity index (χ0n) is 20.7. The van der Waals surface area contributed by atoms with E-state index in [1.54, 1.807) is 12.3 Å². The van der Waals surface area contributed by atoms with Gasteiger partial charge in [0.15, 0.2) is 6.61 Å². The number of para-hydroxylation sites is 1. The highest BCUT2D eigenvalue weighted by atomic mass is 16.5. The fourth-order valence-corrected chi connectivity index (χ4v) is 4.21. The van der Waals surface area contributed by atoms with Gasteiger partial charge in [-0.2, -0.15) is 10.4 Å². The Balaban J connectivity index is 1.41. The molecule has 0 amide bonds. The molecule has 0 saturated carbocycles. The van der Waals surface area contributed by atoms with Gasteiger partial charge < -0.3 is 9.30 Å². The molecule has 0 fully saturated rings. The third kappa shape index (κ3) is 5.44. The summed E-state index contributed by atoms with van der Waals surface area (Å²) in [5.41, 5.74) is 6.31. The van der Waals surface area contributed by atoms with E-state index in [4.69, 9.17) is 10.00 Å². The van der Waals surface area contributed by atoms with Crippen molar-refractivity contribution in [3.05, 3.63) is 94.4 Å². The number of esters is 1. The van der Waals surface area contributed by atoms with Crippen molar-refractivity contribution in [2.75, 3.05) is 6.61 Å². The fourth-order valence-electron chi connectivity index (χ4n) is 4.21. The highest BCUT2D eigenvalue weighted by Gasteiger charge is 2.16. The Hall–Kier alpha value is -4.44. The van der Waals surface area contributed by atoms with Gasteiger partial charge in [-0.15, -0.1) is 0 Å². The number of nitriles is 1. The van der Waals surface area contributed by atoms with E-state index in [9.17, 15) is 9.59 Å². The summed E-state index contributed by atoms with van der Waals surface area (Å²) < 4.78 is 9.04. The smallest absolute Gasteiger partial charge is 0.331 e. The number of aryl methyl sites for hydroxylation is 3. The fraction of sp³-hybridized carbons (Fsp3) is 0.241. The molecule has 0 aliphatic carbocycles. The van der Waals surface area contributed by atoms with Gasteiger partial charge in [0, 0.05) is 46.5 Å². The van der Waals surface area contributed by atoms with Gasteiger partial charge in [-0.3, -0.25) is 9.48 Å². The van der Waals surface area contributed by atoms with Crippen LogP contribution in [-0.4, -0.2) is 32.7 Å². The van der Waals surface area contributed by atoms with Crippen molar-refractivity contribution in [1.29, 1.82) is 5.26 Å². The molecule has 0 N–H and O–H groups in total. The highest BCUT2D eigenvalue weighted by Crippen LogP contribution is 2.22. The number of hydrogen-bond donors (Lipinski definition) is 0. The van der Waals surface area contributed by atoms with Gasteiger partial charge in [-0.05, 0) is 38.5 Å². The lowest BCUT2D eigenvalue weighted by Crippen LogP contribution is -2.12. The summed E-state index contributed by atoms with van der Waals surface area (Å²) in [6, 6.07) is 17.9. The van der Waals surface area contributed by atoms with E-state index in [0.717, 1.165) is 33.4 Å². The number of fused-ring (bicyclic) bond motifs is 1. The summed E-state index contributed by atoms with van der Waals surface area (Å²) in [4.78, 5) is 25.2. The van der Waals surface area contributed by atoms with Crippen molar-refractivity contribution >= 4 is 28.7 Å². The van der Waals surface area contributed by atoms with Crippen LogP contribution in [0.4, 0.5) is 0 Å². The van der Waals surface area contributed by atoms with E-state index in [-0.39, 0.29) is 12.4 Å². The molecule has 182 valence electrons. The van der Waals surface area contributed by atoms with Crippen LogP contribution in [0.15, 0.2) is 60.8 Å². The van der Waals surface area contributed by atoms with Gasteiger partial charge in [0.05, 0.1) is 24.7 Å². The predicted octanol–water partition coefficient (Wildman–Crippen LogP) is 5.16. The maximum Gasteiger partial charge on any atom is 0.331 e. The number of nitrogens with zero attached hydrogens (tertiary/aromatic N) is 4. The summed E-state index contributed by atoms with van der Waals surface area (Å²) in [7, 11) is 0. The Morgan fingerprint density at radius 1 is 1.08 bits per heavy atom. The molecular weight excluding hydrogens is 452 g/mol. The minimum absolute atomic E-state index is 0.290. The van der Waals surface area contributed by atoms with Gasteiger partial charge in [0.25, 0.3) is 0 Å². The molecule has 0 saturated heterocycles. The lowest BCUT2D eigenvalue weighted by Gasteiger charge is -2.05. The molecule has 0 atom stereocenters. The van der Waals surface area contributed by atoms with Crippen LogP contribution in [0.5, 0.6) is 0 Å². The molecule has 4 aromatic rings. The lowest BCUT2D eigenvalue weighted by molar-refractivity contribution is -0.136. The first-order valence-electron chi connectivity index (χ1n) is 11.8. The van der Waals surface area contributed by atoms with Gasteiger partial charge in [-0.25, -0.2) is 4.79 Å². The van der Waals surface area contributed by atoms with Crippen LogP contribution in [0.25, 0.3) is 17.0 Å². The van der Waals surface area contributed by atoms with Crippen LogP contribution in [0.1, 0.15) is 44.9 Å². The Morgan fingerprint density at radius 3 is 2.58 bits per heavy atom. The number of hydrogen-bond acceptors (Lipinski definition) is 5. The largest absolute Gasteiger partial charge is 0.454 e. The first kappa shape index (κ1) is 24.7. The quantitative estimate of drug-likeness (QED) is 0.187. The number of aromatic nitrogens is 3. The second kappa shape index (κ2) is 10.9. The molecule has 0 spiro atoms. The predicted molar refractivity (Wildman–Crippen MR) is 138 cm³/mol.